The summed E-state index contributed by atoms with van der Waals surface area (Å²) < 4.78 is 16.8. The SMILES string of the molecule is COCCN1CCO[C@@H]2CN(C(=O)COc3ccc(C)cc3)C[C@@H]2C1. The van der Waals surface area contributed by atoms with E-state index in [9.17, 15) is 4.79 Å². The zero-order valence-corrected chi connectivity index (χ0v) is 15.1. The number of amides is 1. The molecule has 1 aromatic rings. The highest BCUT2D eigenvalue weighted by Crippen LogP contribution is 2.24. The predicted octanol–water partition coefficient (Wildman–Crippen LogP) is 1.18. The second-order valence-corrected chi connectivity index (χ2v) is 6.86. The standard InChI is InChI=1S/C19H28N2O4/c1-15-3-5-17(6-4-15)25-14-19(22)21-12-16-11-20(7-9-23-2)8-10-24-18(16)13-21/h3-6,16,18H,7-14H2,1-2H3/t16-,18+/m0/s1. The van der Waals surface area contributed by atoms with Gasteiger partial charge in [0.25, 0.3) is 5.91 Å². The van der Waals surface area contributed by atoms with Crippen LogP contribution in [0.25, 0.3) is 0 Å². The van der Waals surface area contributed by atoms with Gasteiger partial charge in [-0.15, -0.1) is 0 Å². The summed E-state index contributed by atoms with van der Waals surface area (Å²) in [5.41, 5.74) is 1.17. The Morgan fingerprint density at radius 1 is 1.24 bits per heavy atom. The smallest absolute Gasteiger partial charge is 0.260 e. The van der Waals surface area contributed by atoms with Crippen LogP contribution in [0.2, 0.25) is 0 Å². The topological polar surface area (TPSA) is 51.2 Å². The maximum absolute atomic E-state index is 12.5. The van der Waals surface area contributed by atoms with Crippen LogP contribution in [0, 0.1) is 12.8 Å². The second-order valence-electron chi connectivity index (χ2n) is 6.86. The van der Waals surface area contributed by atoms with E-state index in [1.165, 1.54) is 5.56 Å². The fraction of sp³-hybridized carbons (Fsp3) is 0.632. The molecule has 0 aliphatic carbocycles. The van der Waals surface area contributed by atoms with Crippen molar-refractivity contribution in [3.63, 3.8) is 0 Å². The molecule has 0 spiro atoms. The first-order valence-corrected chi connectivity index (χ1v) is 8.96. The van der Waals surface area contributed by atoms with Gasteiger partial charge >= 0.3 is 0 Å². The normalized spacial score (nSPS) is 24.0. The summed E-state index contributed by atoms with van der Waals surface area (Å²) in [6.07, 6.45) is 0.135. The second kappa shape index (κ2) is 8.65. The van der Waals surface area contributed by atoms with Crippen molar-refractivity contribution < 1.29 is 19.0 Å². The summed E-state index contributed by atoms with van der Waals surface area (Å²) >= 11 is 0. The number of carbonyl (C=O) groups is 1. The first kappa shape index (κ1) is 18.2. The van der Waals surface area contributed by atoms with E-state index in [0.29, 0.717) is 19.1 Å². The van der Waals surface area contributed by atoms with Gasteiger partial charge in [0.05, 0.1) is 19.3 Å². The Morgan fingerprint density at radius 2 is 2.04 bits per heavy atom. The highest BCUT2D eigenvalue weighted by atomic mass is 16.5. The third-order valence-corrected chi connectivity index (χ3v) is 4.96. The molecule has 0 radical (unpaired) electrons. The summed E-state index contributed by atoms with van der Waals surface area (Å²) in [6.45, 7) is 7.75. The molecule has 2 heterocycles. The van der Waals surface area contributed by atoms with E-state index in [1.54, 1.807) is 7.11 Å². The van der Waals surface area contributed by atoms with Crippen LogP contribution in [-0.2, 0) is 14.3 Å². The number of rotatable bonds is 6. The lowest BCUT2D eigenvalue weighted by Gasteiger charge is -2.23. The minimum atomic E-state index is 0.0284. The van der Waals surface area contributed by atoms with Crippen LogP contribution >= 0.6 is 0 Å². The molecule has 2 fully saturated rings. The van der Waals surface area contributed by atoms with E-state index in [4.69, 9.17) is 14.2 Å². The lowest BCUT2D eigenvalue weighted by Crippen LogP contribution is -2.37. The number of hydrogen-bond donors (Lipinski definition) is 0. The molecule has 3 rings (SSSR count). The Balaban J connectivity index is 1.49. The third-order valence-electron chi connectivity index (χ3n) is 4.96. The highest BCUT2D eigenvalue weighted by Gasteiger charge is 2.38. The van der Waals surface area contributed by atoms with E-state index >= 15 is 0 Å². The van der Waals surface area contributed by atoms with Gasteiger partial charge in [-0.2, -0.15) is 0 Å². The van der Waals surface area contributed by atoms with Crippen molar-refractivity contribution in [2.24, 2.45) is 5.92 Å². The van der Waals surface area contributed by atoms with Crippen LogP contribution in [0.1, 0.15) is 5.56 Å². The Bertz CT molecular complexity index is 561. The molecule has 25 heavy (non-hydrogen) atoms. The van der Waals surface area contributed by atoms with Gasteiger partial charge in [-0.1, -0.05) is 17.7 Å². The molecular weight excluding hydrogens is 320 g/mol. The van der Waals surface area contributed by atoms with Crippen molar-refractivity contribution in [2.45, 2.75) is 13.0 Å². The molecule has 0 bridgehead atoms. The molecule has 0 aromatic heterocycles. The van der Waals surface area contributed by atoms with Gasteiger partial charge in [0.1, 0.15) is 5.75 Å². The lowest BCUT2D eigenvalue weighted by atomic mass is 10.1. The lowest BCUT2D eigenvalue weighted by molar-refractivity contribution is -0.132. The number of likely N-dealkylation sites (tertiary alicyclic amines) is 1. The molecule has 0 saturated carbocycles. The van der Waals surface area contributed by atoms with Gasteiger partial charge in [-0.3, -0.25) is 9.69 Å². The van der Waals surface area contributed by atoms with Gasteiger partial charge in [-0.05, 0) is 19.1 Å². The van der Waals surface area contributed by atoms with Crippen molar-refractivity contribution in [3.8, 4) is 5.75 Å². The Labute approximate surface area is 149 Å². The number of aryl methyl sites for hydroxylation is 1. The summed E-state index contributed by atoms with van der Waals surface area (Å²) in [5.74, 6) is 1.12. The van der Waals surface area contributed by atoms with Crippen LogP contribution < -0.4 is 4.74 Å². The average molecular weight is 348 g/mol. The number of hydrogen-bond acceptors (Lipinski definition) is 5. The van der Waals surface area contributed by atoms with Crippen LogP contribution in [0.4, 0.5) is 0 Å². The van der Waals surface area contributed by atoms with E-state index in [1.807, 2.05) is 36.1 Å². The third kappa shape index (κ3) is 4.93. The van der Waals surface area contributed by atoms with Crippen molar-refractivity contribution in [1.82, 2.24) is 9.80 Å². The molecule has 2 atom stereocenters. The van der Waals surface area contributed by atoms with Crippen molar-refractivity contribution in [2.75, 3.05) is 59.7 Å². The first-order valence-electron chi connectivity index (χ1n) is 8.96. The molecule has 6 heteroatoms. The Hall–Kier alpha value is -1.63. The van der Waals surface area contributed by atoms with E-state index in [-0.39, 0.29) is 18.6 Å². The van der Waals surface area contributed by atoms with Gasteiger partial charge in [0, 0.05) is 45.8 Å². The summed E-state index contributed by atoms with van der Waals surface area (Å²) in [6, 6.07) is 7.76. The molecule has 1 aromatic carbocycles. The van der Waals surface area contributed by atoms with Gasteiger partial charge in [-0.25, -0.2) is 0 Å². The molecule has 2 saturated heterocycles. The van der Waals surface area contributed by atoms with E-state index in [0.717, 1.165) is 38.5 Å². The fourth-order valence-electron chi connectivity index (χ4n) is 3.46. The van der Waals surface area contributed by atoms with Crippen molar-refractivity contribution in [3.05, 3.63) is 29.8 Å². The largest absolute Gasteiger partial charge is 0.484 e. The first-order chi connectivity index (χ1) is 12.2. The number of fused-ring (bicyclic) bond motifs is 1. The van der Waals surface area contributed by atoms with Crippen LogP contribution in [0.3, 0.4) is 0 Å². The molecule has 0 N–H and O–H groups in total. The quantitative estimate of drug-likeness (QED) is 0.773. The minimum absolute atomic E-state index is 0.0284. The number of carbonyl (C=O) groups excluding carboxylic acids is 1. The molecule has 2 aliphatic rings. The molecule has 138 valence electrons. The maximum Gasteiger partial charge on any atom is 0.260 e. The summed E-state index contributed by atoms with van der Waals surface area (Å²) in [7, 11) is 1.72. The van der Waals surface area contributed by atoms with E-state index < -0.39 is 0 Å². The Kier molecular flexibility index (Phi) is 6.29. The Morgan fingerprint density at radius 3 is 2.80 bits per heavy atom. The van der Waals surface area contributed by atoms with Gasteiger partial charge in [0.15, 0.2) is 6.61 Å². The highest BCUT2D eigenvalue weighted by molar-refractivity contribution is 5.78. The number of methoxy groups -OCH3 is 1. The fourth-order valence-corrected chi connectivity index (χ4v) is 3.46. The molecular formula is C19H28N2O4. The average Bonchev–Trinajstić information content (AvgIpc) is 2.92. The predicted molar refractivity (Wildman–Crippen MR) is 94.8 cm³/mol. The van der Waals surface area contributed by atoms with Crippen LogP contribution in [0.15, 0.2) is 24.3 Å². The number of ether oxygens (including phenoxy) is 3. The van der Waals surface area contributed by atoms with E-state index in [2.05, 4.69) is 4.90 Å². The zero-order valence-electron chi connectivity index (χ0n) is 15.1. The van der Waals surface area contributed by atoms with Gasteiger partial charge < -0.3 is 19.1 Å². The summed E-state index contributed by atoms with van der Waals surface area (Å²) in [5, 5.41) is 0. The zero-order chi connectivity index (χ0) is 17.6. The van der Waals surface area contributed by atoms with Crippen LogP contribution in [0.5, 0.6) is 5.75 Å². The van der Waals surface area contributed by atoms with Gasteiger partial charge in [0.2, 0.25) is 0 Å². The number of nitrogens with zero attached hydrogens (tertiary/aromatic N) is 2. The molecule has 1 amide bonds. The van der Waals surface area contributed by atoms with Crippen molar-refractivity contribution in [1.29, 1.82) is 0 Å². The minimum Gasteiger partial charge on any atom is -0.484 e. The van der Waals surface area contributed by atoms with Crippen LogP contribution in [-0.4, -0.2) is 81.5 Å². The summed E-state index contributed by atoms with van der Waals surface area (Å²) in [4.78, 5) is 16.7. The monoisotopic (exact) mass is 348 g/mol. The maximum atomic E-state index is 12.5. The van der Waals surface area contributed by atoms with Crippen molar-refractivity contribution >= 4 is 5.91 Å². The molecule has 2 aliphatic heterocycles. The molecule has 0 unspecified atom stereocenters. The molecule has 6 nitrogen and oxygen atoms in total. The number of benzene rings is 1.